The van der Waals surface area contributed by atoms with Crippen LogP contribution in [0.5, 0.6) is 0 Å². The second-order valence-electron chi connectivity index (χ2n) is 5.17. The summed E-state index contributed by atoms with van der Waals surface area (Å²) in [7, 11) is 0. The van der Waals surface area contributed by atoms with Crippen molar-refractivity contribution in [1.82, 2.24) is 19.1 Å². The van der Waals surface area contributed by atoms with Gasteiger partial charge in [-0.25, -0.2) is 0 Å². The summed E-state index contributed by atoms with van der Waals surface area (Å²) in [5.74, 6) is 1.73. The third-order valence-corrected chi connectivity index (χ3v) is 3.53. The summed E-state index contributed by atoms with van der Waals surface area (Å²) in [5, 5.41) is 0. The molecular weight excluding hydrogens is 479 g/mol. The molecule has 4 heterocycles. The average molecular weight is 493 g/mol. The van der Waals surface area contributed by atoms with Gasteiger partial charge in [-0.2, -0.15) is 12.1 Å². The fourth-order valence-electron chi connectivity index (χ4n) is 2.46. The smallest absolute Gasteiger partial charge is 0.436 e. The number of hydrogen-bond acceptors (Lipinski definition) is 2. The number of aromatic nitrogens is 4. The molecule has 4 aromatic rings. The van der Waals surface area contributed by atoms with E-state index in [0.29, 0.717) is 6.42 Å². The van der Waals surface area contributed by atoms with Gasteiger partial charge in [-0.15, -0.1) is 24.5 Å². The summed E-state index contributed by atoms with van der Waals surface area (Å²) in [5.41, 5.74) is 1.96. The molecule has 120 valence electrons. The van der Waals surface area contributed by atoms with E-state index in [1.54, 1.807) is 0 Å². The van der Waals surface area contributed by atoms with Crippen LogP contribution in [0, 0.1) is 12.4 Å². The molecule has 24 heavy (non-hydrogen) atoms. The van der Waals surface area contributed by atoms with Crippen LogP contribution in [-0.4, -0.2) is 19.1 Å². The zero-order chi connectivity index (χ0) is 15.5. The summed E-state index contributed by atoms with van der Waals surface area (Å²) >= 11 is 0. The van der Waals surface area contributed by atoms with Gasteiger partial charge in [-0.1, -0.05) is 36.7 Å². The molecule has 0 radical (unpaired) electrons. The van der Waals surface area contributed by atoms with Crippen LogP contribution < -0.4 is 0 Å². The first-order valence-corrected chi connectivity index (χ1v) is 7.41. The Morgan fingerprint density at radius 1 is 0.708 bits per heavy atom. The molecule has 0 aliphatic heterocycles. The van der Waals surface area contributed by atoms with Crippen molar-refractivity contribution in [3.63, 3.8) is 0 Å². The van der Waals surface area contributed by atoms with Crippen LogP contribution in [-0.2, 0) is 27.5 Å². The SMILES string of the molecule is [Pt+2].[c-]1cccn1-c1cccc(Cc2cccc(-n3[c-]ccc3)n2)n1. The molecule has 0 spiro atoms. The molecule has 4 aromatic heterocycles. The quantitative estimate of drug-likeness (QED) is 0.410. The molecule has 0 bridgehead atoms. The van der Waals surface area contributed by atoms with Gasteiger partial charge in [0.2, 0.25) is 0 Å². The number of pyridine rings is 2. The van der Waals surface area contributed by atoms with Crippen molar-refractivity contribution in [2.45, 2.75) is 6.42 Å². The minimum atomic E-state index is 0. The van der Waals surface area contributed by atoms with Crippen LogP contribution in [0.1, 0.15) is 11.4 Å². The normalized spacial score (nSPS) is 10.3. The maximum atomic E-state index is 4.68. The Hall–Kier alpha value is -2.45. The summed E-state index contributed by atoms with van der Waals surface area (Å²) in [6.45, 7) is 0. The van der Waals surface area contributed by atoms with Crippen molar-refractivity contribution in [2.75, 3.05) is 0 Å². The molecule has 0 fully saturated rings. The van der Waals surface area contributed by atoms with Gasteiger partial charge in [-0.3, -0.25) is 9.97 Å². The number of nitrogens with zero attached hydrogens (tertiary/aromatic N) is 4. The van der Waals surface area contributed by atoms with Crippen LogP contribution in [0.2, 0.25) is 0 Å². The molecule has 0 unspecified atom stereocenters. The monoisotopic (exact) mass is 493 g/mol. The molecule has 0 aliphatic carbocycles. The van der Waals surface area contributed by atoms with Gasteiger partial charge in [0.15, 0.2) is 0 Å². The predicted molar refractivity (Wildman–Crippen MR) is 87.6 cm³/mol. The van der Waals surface area contributed by atoms with Crippen molar-refractivity contribution in [3.8, 4) is 11.6 Å². The van der Waals surface area contributed by atoms with E-state index in [-0.39, 0.29) is 21.1 Å². The first kappa shape index (κ1) is 16.4. The fourth-order valence-corrected chi connectivity index (χ4v) is 2.46. The van der Waals surface area contributed by atoms with Crippen molar-refractivity contribution < 1.29 is 21.1 Å². The molecule has 0 saturated carbocycles. The van der Waals surface area contributed by atoms with E-state index in [1.807, 2.05) is 82.2 Å². The van der Waals surface area contributed by atoms with Gasteiger partial charge < -0.3 is 9.13 Å². The Morgan fingerprint density at radius 2 is 1.21 bits per heavy atom. The molecule has 0 aromatic carbocycles. The van der Waals surface area contributed by atoms with E-state index in [4.69, 9.17) is 0 Å². The Bertz CT molecular complexity index is 823. The topological polar surface area (TPSA) is 35.6 Å². The van der Waals surface area contributed by atoms with Gasteiger partial charge >= 0.3 is 21.1 Å². The van der Waals surface area contributed by atoms with Crippen LogP contribution in [0.15, 0.2) is 73.1 Å². The van der Waals surface area contributed by atoms with E-state index >= 15 is 0 Å². The van der Waals surface area contributed by atoms with E-state index in [2.05, 4.69) is 22.4 Å². The largest absolute Gasteiger partial charge is 2.00 e. The van der Waals surface area contributed by atoms with Gasteiger partial charge in [0.25, 0.3) is 0 Å². The van der Waals surface area contributed by atoms with Crippen LogP contribution in [0.25, 0.3) is 11.6 Å². The van der Waals surface area contributed by atoms with E-state index in [0.717, 1.165) is 23.0 Å². The Labute approximate surface area is 155 Å². The van der Waals surface area contributed by atoms with Gasteiger partial charge in [0.05, 0.1) is 11.6 Å². The van der Waals surface area contributed by atoms with E-state index < -0.39 is 0 Å². The summed E-state index contributed by atoms with van der Waals surface area (Å²) in [6, 6.07) is 19.6. The number of hydrogen-bond donors (Lipinski definition) is 0. The Balaban J connectivity index is 0.00000169. The molecule has 4 nitrogen and oxygen atoms in total. The molecule has 0 N–H and O–H groups in total. The van der Waals surface area contributed by atoms with E-state index in [1.165, 1.54) is 0 Å². The maximum absolute atomic E-state index is 4.68. The van der Waals surface area contributed by atoms with Gasteiger partial charge in [0, 0.05) is 17.8 Å². The van der Waals surface area contributed by atoms with E-state index in [9.17, 15) is 0 Å². The van der Waals surface area contributed by atoms with Crippen molar-refractivity contribution >= 4 is 0 Å². The molecule has 0 amide bonds. The van der Waals surface area contributed by atoms with Crippen molar-refractivity contribution in [1.29, 1.82) is 0 Å². The Kier molecular flexibility index (Phi) is 5.07. The van der Waals surface area contributed by atoms with Crippen LogP contribution >= 0.6 is 0 Å². The third kappa shape index (κ3) is 3.55. The van der Waals surface area contributed by atoms with Crippen LogP contribution in [0.4, 0.5) is 0 Å². The molecule has 5 heteroatoms. The zero-order valence-electron chi connectivity index (χ0n) is 12.7. The number of rotatable bonds is 4. The molecular formula is C19H14N4Pt. The third-order valence-electron chi connectivity index (χ3n) is 3.53. The standard InChI is InChI=1S/C19H14N4.Pt/c1-2-12-22(11-1)18-9-5-7-16(20-18)15-17-8-6-10-19(21-17)23-13-3-4-14-23;/h1-11,13H,15H2;/q-2;+2. The first-order chi connectivity index (χ1) is 11.4. The zero-order valence-corrected chi connectivity index (χ0v) is 15.0. The fraction of sp³-hybridized carbons (Fsp3) is 0.0526. The van der Waals surface area contributed by atoms with Crippen LogP contribution in [0.3, 0.4) is 0 Å². The maximum Gasteiger partial charge on any atom is 2.00 e. The molecule has 4 rings (SSSR count). The predicted octanol–water partition coefficient (Wildman–Crippen LogP) is 3.25. The summed E-state index contributed by atoms with van der Waals surface area (Å²) in [4.78, 5) is 9.36. The summed E-state index contributed by atoms with van der Waals surface area (Å²) < 4.78 is 3.75. The molecule has 0 saturated heterocycles. The minimum Gasteiger partial charge on any atom is -0.436 e. The molecule has 0 aliphatic rings. The summed E-state index contributed by atoms with van der Waals surface area (Å²) in [6.07, 6.45) is 10.8. The average Bonchev–Trinajstić information content (AvgIpc) is 3.29. The van der Waals surface area contributed by atoms with Crippen molar-refractivity contribution in [3.05, 3.63) is 96.8 Å². The minimum absolute atomic E-state index is 0. The second kappa shape index (κ2) is 7.41. The van der Waals surface area contributed by atoms with Crippen molar-refractivity contribution in [2.24, 2.45) is 0 Å². The van der Waals surface area contributed by atoms with Gasteiger partial charge in [0.1, 0.15) is 0 Å². The second-order valence-corrected chi connectivity index (χ2v) is 5.17. The molecule has 0 atom stereocenters. The van der Waals surface area contributed by atoms with Gasteiger partial charge in [-0.05, 0) is 12.1 Å². The first-order valence-electron chi connectivity index (χ1n) is 7.41. The Morgan fingerprint density at radius 3 is 1.62 bits per heavy atom.